The largest absolute Gasteiger partial charge is 0.374 e. The minimum Gasteiger partial charge on any atom is -0.374 e. The number of aromatic nitrogens is 1. The van der Waals surface area contributed by atoms with Crippen molar-refractivity contribution in [2.24, 2.45) is 0 Å². The summed E-state index contributed by atoms with van der Waals surface area (Å²) in [5.74, 6) is -0.568. The molecule has 6 heteroatoms. The van der Waals surface area contributed by atoms with E-state index in [1.807, 2.05) is 67.7 Å². The predicted molar refractivity (Wildman–Crippen MR) is 107 cm³/mol. The van der Waals surface area contributed by atoms with Crippen molar-refractivity contribution in [3.05, 3.63) is 71.9 Å². The first-order valence-corrected chi connectivity index (χ1v) is 9.42. The molecule has 2 heterocycles. The molecular weight excluding hydrogens is 354 g/mol. The molecule has 1 aliphatic heterocycles. The van der Waals surface area contributed by atoms with Crippen LogP contribution in [-0.4, -0.2) is 35.5 Å². The number of benzene rings is 2. The molecule has 4 rings (SSSR count). The van der Waals surface area contributed by atoms with Gasteiger partial charge in [0.1, 0.15) is 12.1 Å². The van der Waals surface area contributed by atoms with Crippen LogP contribution in [0.1, 0.15) is 24.0 Å². The van der Waals surface area contributed by atoms with Gasteiger partial charge < -0.3 is 20.4 Å². The Morgan fingerprint density at radius 1 is 0.964 bits per heavy atom. The lowest BCUT2D eigenvalue weighted by molar-refractivity contribution is -0.139. The summed E-state index contributed by atoms with van der Waals surface area (Å²) in [5.41, 5.74) is 3.05. The third-order valence-corrected chi connectivity index (χ3v) is 5.22. The van der Waals surface area contributed by atoms with Gasteiger partial charge in [-0.1, -0.05) is 55.5 Å². The molecule has 0 saturated carbocycles. The third-order valence-electron chi connectivity index (χ3n) is 5.22. The fourth-order valence-corrected chi connectivity index (χ4v) is 3.63. The van der Waals surface area contributed by atoms with E-state index >= 15 is 0 Å². The molecule has 1 aromatic heterocycles. The average molecular weight is 377 g/mol. The van der Waals surface area contributed by atoms with Gasteiger partial charge in [-0.3, -0.25) is 9.59 Å². The van der Waals surface area contributed by atoms with Gasteiger partial charge in [0.2, 0.25) is 11.8 Å². The second kappa shape index (κ2) is 7.86. The van der Waals surface area contributed by atoms with E-state index in [1.165, 1.54) is 0 Å². The highest BCUT2D eigenvalue weighted by Gasteiger charge is 2.37. The number of hydrogen-bond acceptors (Lipinski definition) is 3. The number of H-pyrrole nitrogens is 1. The van der Waals surface area contributed by atoms with Gasteiger partial charge >= 0.3 is 0 Å². The summed E-state index contributed by atoms with van der Waals surface area (Å²) >= 11 is 0. The van der Waals surface area contributed by atoms with Crippen LogP contribution in [-0.2, 0) is 20.9 Å². The van der Waals surface area contributed by atoms with Crippen LogP contribution in [0.2, 0.25) is 0 Å². The molecule has 1 aliphatic rings. The molecule has 2 amide bonds. The van der Waals surface area contributed by atoms with Crippen molar-refractivity contribution < 1.29 is 14.3 Å². The number of aromatic amines is 1. The first-order valence-electron chi connectivity index (χ1n) is 9.42. The van der Waals surface area contributed by atoms with Crippen molar-refractivity contribution in [3.8, 4) is 0 Å². The molecule has 1 saturated heterocycles. The lowest BCUT2D eigenvalue weighted by atomic mass is 9.90. The zero-order chi connectivity index (χ0) is 19.5. The van der Waals surface area contributed by atoms with Crippen molar-refractivity contribution >= 4 is 22.7 Å². The molecule has 28 heavy (non-hydrogen) atoms. The maximum Gasteiger partial charge on any atom is 0.245 e. The standard InChI is InChI=1S/C22H23N3O3/c1-14(17-11-23-18-10-6-5-9-16(17)18)20-22(27)24-19(21(26)25-20)13-28-12-15-7-3-2-4-8-15/h2-11,14,19-20,23H,12-13H2,1H3,(H,24,27)(H,25,26)/t14?,19-,20-/m1/s1. The van der Waals surface area contributed by atoms with Crippen molar-refractivity contribution in [3.63, 3.8) is 0 Å². The van der Waals surface area contributed by atoms with Gasteiger partial charge in [0, 0.05) is 23.0 Å². The third kappa shape index (κ3) is 3.64. The van der Waals surface area contributed by atoms with E-state index in [9.17, 15) is 9.59 Å². The minimum absolute atomic E-state index is 0.140. The summed E-state index contributed by atoms with van der Waals surface area (Å²) in [6.07, 6.45) is 1.91. The van der Waals surface area contributed by atoms with E-state index in [2.05, 4.69) is 15.6 Å². The fourth-order valence-electron chi connectivity index (χ4n) is 3.63. The normalized spacial score (nSPS) is 20.6. The Bertz CT molecular complexity index is 983. The number of fused-ring (bicyclic) bond motifs is 1. The summed E-state index contributed by atoms with van der Waals surface area (Å²) in [4.78, 5) is 28.4. The summed E-state index contributed by atoms with van der Waals surface area (Å²) in [5, 5.41) is 6.74. The lowest BCUT2D eigenvalue weighted by Crippen LogP contribution is -2.64. The number of carbonyl (C=O) groups is 2. The molecule has 144 valence electrons. The van der Waals surface area contributed by atoms with Gasteiger partial charge in [0.05, 0.1) is 13.2 Å². The van der Waals surface area contributed by atoms with Gasteiger partial charge in [-0.2, -0.15) is 0 Å². The monoisotopic (exact) mass is 377 g/mol. The number of hydrogen-bond donors (Lipinski definition) is 3. The van der Waals surface area contributed by atoms with E-state index in [0.29, 0.717) is 6.61 Å². The highest BCUT2D eigenvalue weighted by Crippen LogP contribution is 2.28. The highest BCUT2D eigenvalue weighted by molar-refractivity contribution is 5.98. The van der Waals surface area contributed by atoms with Crippen LogP contribution < -0.4 is 10.6 Å². The smallest absolute Gasteiger partial charge is 0.245 e. The first-order chi connectivity index (χ1) is 13.6. The van der Waals surface area contributed by atoms with E-state index in [4.69, 9.17) is 4.74 Å². The summed E-state index contributed by atoms with van der Waals surface area (Å²) in [6.45, 7) is 2.49. The van der Waals surface area contributed by atoms with Crippen LogP contribution in [0.15, 0.2) is 60.8 Å². The maximum atomic E-state index is 12.7. The first kappa shape index (κ1) is 18.3. The predicted octanol–water partition coefficient (Wildman–Crippen LogP) is 2.47. The Labute approximate surface area is 163 Å². The number of piperazine rings is 1. The number of amides is 2. The molecule has 0 bridgehead atoms. The second-order valence-corrected chi connectivity index (χ2v) is 7.13. The summed E-state index contributed by atoms with van der Waals surface area (Å²) < 4.78 is 5.62. The van der Waals surface area contributed by atoms with Gasteiger partial charge in [0.15, 0.2) is 0 Å². The van der Waals surface area contributed by atoms with Crippen LogP contribution in [0.25, 0.3) is 10.9 Å². The molecule has 3 aromatic rings. The minimum atomic E-state index is -0.678. The molecular formula is C22H23N3O3. The second-order valence-electron chi connectivity index (χ2n) is 7.13. The lowest BCUT2D eigenvalue weighted by Gasteiger charge is -2.32. The van der Waals surface area contributed by atoms with Crippen LogP contribution in [0.5, 0.6) is 0 Å². The van der Waals surface area contributed by atoms with Crippen LogP contribution in [0.4, 0.5) is 0 Å². The van der Waals surface area contributed by atoms with Gasteiger partial charge in [-0.25, -0.2) is 0 Å². The molecule has 6 nitrogen and oxygen atoms in total. The quantitative estimate of drug-likeness (QED) is 0.617. The maximum absolute atomic E-state index is 12.7. The molecule has 3 atom stereocenters. The summed E-state index contributed by atoms with van der Waals surface area (Å²) in [7, 11) is 0. The topological polar surface area (TPSA) is 83.2 Å². The Kier molecular flexibility index (Phi) is 5.12. The Morgan fingerprint density at radius 3 is 2.54 bits per heavy atom. The van der Waals surface area contributed by atoms with E-state index in [1.54, 1.807) is 0 Å². The Hall–Kier alpha value is -3.12. The van der Waals surface area contributed by atoms with Crippen molar-refractivity contribution in [1.82, 2.24) is 15.6 Å². The Balaban J connectivity index is 1.39. The van der Waals surface area contributed by atoms with Crippen LogP contribution in [0, 0.1) is 0 Å². The molecule has 1 fully saturated rings. The van der Waals surface area contributed by atoms with Gasteiger partial charge in [-0.15, -0.1) is 0 Å². The van der Waals surface area contributed by atoms with Gasteiger partial charge in [0.25, 0.3) is 0 Å². The zero-order valence-electron chi connectivity index (χ0n) is 15.6. The Morgan fingerprint density at radius 2 is 1.71 bits per heavy atom. The van der Waals surface area contributed by atoms with E-state index in [-0.39, 0.29) is 24.3 Å². The molecule has 0 aliphatic carbocycles. The van der Waals surface area contributed by atoms with E-state index < -0.39 is 12.1 Å². The molecule has 3 N–H and O–H groups in total. The number of rotatable bonds is 6. The number of para-hydroxylation sites is 1. The van der Waals surface area contributed by atoms with Crippen LogP contribution in [0.3, 0.4) is 0 Å². The van der Waals surface area contributed by atoms with Gasteiger partial charge in [-0.05, 0) is 17.2 Å². The fraction of sp³-hybridized carbons (Fsp3) is 0.273. The molecule has 1 unspecified atom stereocenters. The number of ether oxygens (including phenoxy) is 1. The van der Waals surface area contributed by atoms with Crippen molar-refractivity contribution in [2.45, 2.75) is 31.5 Å². The number of carbonyl (C=O) groups excluding carboxylic acids is 2. The molecule has 0 spiro atoms. The van der Waals surface area contributed by atoms with Crippen molar-refractivity contribution in [2.75, 3.05) is 6.61 Å². The highest BCUT2D eigenvalue weighted by atomic mass is 16.5. The number of nitrogens with one attached hydrogen (secondary N) is 3. The molecule has 0 radical (unpaired) electrons. The van der Waals surface area contributed by atoms with E-state index in [0.717, 1.165) is 22.0 Å². The summed E-state index contributed by atoms with van der Waals surface area (Å²) in [6, 6.07) is 16.4. The van der Waals surface area contributed by atoms with Crippen LogP contribution >= 0.6 is 0 Å². The van der Waals surface area contributed by atoms with Crippen molar-refractivity contribution in [1.29, 1.82) is 0 Å². The molecule has 2 aromatic carbocycles. The average Bonchev–Trinajstić information content (AvgIpc) is 3.15. The zero-order valence-corrected chi connectivity index (χ0v) is 15.6. The SMILES string of the molecule is CC(c1c[nH]c2ccccc12)[C@H]1NC(=O)[C@@H](COCc2ccccc2)NC1=O.